The highest BCUT2D eigenvalue weighted by atomic mass is 16.5. The molecule has 112 valence electrons. The molecule has 5 heteroatoms. The topological polar surface area (TPSA) is 64.2 Å². The molecular formula is C16H20N2O3. The maximum absolute atomic E-state index is 11.7. The Morgan fingerprint density at radius 2 is 2.10 bits per heavy atom. The van der Waals surface area contributed by atoms with Crippen LogP contribution in [0.25, 0.3) is 11.3 Å². The average molecular weight is 288 g/mol. The molecule has 0 unspecified atom stereocenters. The minimum atomic E-state index is -0.402. The zero-order valence-corrected chi connectivity index (χ0v) is 12.4. The molecule has 0 atom stereocenters. The first-order valence-corrected chi connectivity index (χ1v) is 7.21. The van der Waals surface area contributed by atoms with Gasteiger partial charge >= 0.3 is 5.97 Å². The Balaban J connectivity index is 2.19. The number of nitrogens with one attached hydrogen (secondary N) is 1. The molecule has 1 N–H and O–H groups in total. The van der Waals surface area contributed by atoms with E-state index in [4.69, 9.17) is 9.47 Å². The minimum absolute atomic E-state index is 0.337. The molecule has 0 bridgehead atoms. The Kier molecular flexibility index (Phi) is 5.37. The van der Waals surface area contributed by atoms with E-state index in [1.165, 1.54) is 0 Å². The first-order chi connectivity index (χ1) is 10.3. The van der Waals surface area contributed by atoms with Crippen LogP contribution in [0.5, 0.6) is 5.75 Å². The van der Waals surface area contributed by atoms with Crippen LogP contribution in [-0.4, -0.2) is 29.4 Å². The summed E-state index contributed by atoms with van der Waals surface area (Å²) < 4.78 is 10.7. The molecule has 2 rings (SSSR count). The van der Waals surface area contributed by atoms with Gasteiger partial charge in [0.25, 0.3) is 0 Å². The zero-order chi connectivity index (χ0) is 15.1. The van der Waals surface area contributed by atoms with Crippen LogP contribution >= 0.6 is 0 Å². The number of H-pyrrole nitrogens is 1. The van der Waals surface area contributed by atoms with Crippen molar-refractivity contribution in [3.8, 4) is 17.0 Å². The fraction of sp³-hybridized carbons (Fsp3) is 0.375. The highest BCUT2D eigenvalue weighted by molar-refractivity contribution is 5.88. The van der Waals surface area contributed by atoms with Crippen LogP contribution in [0.1, 0.15) is 37.2 Å². The molecule has 1 aromatic carbocycles. The fourth-order valence-corrected chi connectivity index (χ4v) is 1.90. The molecule has 0 spiro atoms. The Labute approximate surface area is 124 Å². The highest BCUT2D eigenvalue weighted by Gasteiger charge is 2.14. The summed E-state index contributed by atoms with van der Waals surface area (Å²) in [5.74, 6) is 0.369. The van der Waals surface area contributed by atoms with Crippen LogP contribution in [0, 0.1) is 0 Å². The summed E-state index contributed by atoms with van der Waals surface area (Å²) in [6.07, 6.45) is 2.08. The van der Waals surface area contributed by atoms with Gasteiger partial charge in [0.05, 0.1) is 18.9 Å². The molecule has 0 aliphatic heterocycles. The second kappa shape index (κ2) is 7.47. The normalized spacial score (nSPS) is 10.4. The number of para-hydroxylation sites is 1. The lowest BCUT2D eigenvalue weighted by Crippen LogP contribution is -2.04. The standard InChI is InChI=1S/C16H20N2O3/c1-3-5-10-21-15-9-7-6-8-12(15)13-11-14(18-17-13)16(19)20-4-2/h6-9,11H,3-5,10H2,1-2H3,(H,17,18). The molecule has 5 nitrogen and oxygen atoms in total. The van der Waals surface area contributed by atoms with Gasteiger partial charge in [-0.2, -0.15) is 5.10 Å². The summed E-state index contributed by atoms with van der Waals surface area (Å²) in [4.78, 5) is 11.7. The Hall–Kier alpha value is -2.30. The summed E-state index contributed by atoms with van der Waals surface area (Å²) in [7, 11) is 0. The number of unbranched alkanes of at least 4 members (excludes halogenated alkanes) is 1. The van der Waals surface area contributed by atoms with Crippen molar-refractivity contribution in [3.05, 3.63) is 36.0 Å². The number of carbonyl (C=O) groups excluding carboxylic acids is 1. The van der Waals surface area contributed by atoms with E-state index in [0.717, 1.165) is 24.2 Å². The van der Waals surface area contributed by atoms with E-state index in [-0.39, 0.29) is 0 Å². The van der Waals surface area contributed by atoms with Crippen LogP contribution in [0.2, 0.25) is 0 Å². The van der Waals surface area contributed by atoms with Gasteiger partial charge in [-0.25, -0.2) is 4.79 Å². The third-order valence-corrected chi connectivity index (χ3v) is 2.99. The number of esters is 1. The van der Waals surface area contributed by atoms with E-state index in [0.29, 0.717) is 24.6 Å². The van der Waals surface area contributed by atoms with E-state index in [1.54, 1.807) is 13.0 Å². The van der Waals surface area contributed by atoms with Gasteiger partial charge in [0.15, 0.2) is 0 Å². The Morgan fingerprint density at radius 1 is 1.29 bits per heavy atom. The van der Waals surface area contributed by atoms with Crippen LogP contribution in [-0.2, 0) is 4.74 Å². The molecule has 0 saturated heterocycles. The van der Waals surface area contributed by atoms with Gasteiger partial charge < -0.3 is 9.47 Å². The maximum Gasteiger partial charge on any atom is 0.356 e. The lowest BCUT2D eigenvalue weighted by Gasteiger charge is -2.09. The zero-order valence-electron chi connectivity index (χ0n) is 12.4. The predicted octanol–water partition coefficient (Wildman–Crippen LogP) is 3.43. The van der Waals surface area contributed by atoms with Gasteiger partial charge in [0, 0.05) is 5.56 Å². The van der Waals surface area contributed by atoms with Gasteiger partial charge in [-0.05, 0) is 31.5 Å². The van der Waals surface area contributed by atoms with Crippen molar-refractivity contribution in [2.75, 3.05) is 13.2 Å². The SMILES string of the molecule is CCCCOc1ccccc1-c1cc(C(=O)OCC)[nH]n1. The van der Waals surface area contributed by atoms with Crippen LogP contribution in [0.4, 0.5) is 0 Å². The number of benzene rings is 1. The summed E-state index contributed by atoms with van der Waals surface area (Å²) >= 11 is 0. The third kappa shape index (κ3) is 3.84. The van der Waals surface area contributed by atoms with Gasteiger partial charge in [0.2, 0.25) is 0 Å². The molecule has 1 aromatic heterocycles. The average Bonchev–Trinajstić information content (AvgIpc) is 2.98. The van der Waals surface area contributed by atoms with Crippen molar-refractivity contribution in [3.63, 3.8) is 0 Å². The molecule has 21 heavy (non-hydrogen) atoms. The number of hydrogen-bond acceptors (Lipinski definition) is 4. The highest BCUT2D eigenvalue weighted by Crippen LogP contribution is 2.29. The van der Waals surface area contributed by atoms with E-state index >= 15 is 0 Å². The van der Waals surface area contributed by atoms with Gasteiger partial charge in [-0.1, -0.05) is 25.5 Å². The Morgan fingerprint density at radius 3 is 2.86 bits per heavy atom. The quantitative estimate of drug-likeness (QED) is 0.626. The number of aromatic amines is 1. The van der Waals surface area contributed by atoms with Crippen LogP contribution in [0.3, 0.4) is 0 Å². The number of hydrogen-bond donors (Lipinski definition) is 1. The van der Waals surface area contributed by atoms with Crippen molar-refractivity contribution >= 4 is 5.97 Å². The van der Waals surface area contributed by atoms with Gasteiger partial charge in [0.1, 0.15) is 11.4 Å². The van der Waals surface area contributed by atoms with Crippen molar-refractivity contribution in [1.29, 1.82) is 0 Å². The summed E-state index contributed by atoms with van der Waals surface area (Å²) in [5, 5.41) is 6.88. The number of ether oxygens (including phenoxy) is 2. The molecule has 0 amide bonds. The second-order valence-corrected chi connectivity index (χ2v) is 4.59. The van der Waals surface area contributed by atoms with E-state index in [2.05, 4.69) is 17.1 Å². The Bertz CT molecular complexity index is 593. The van der Waals surface area contributed by atoms with Crippen molar-refractivity contribution in [1.82, 2.24) is 10.2 Å². The van der Waals surface area contributed by atoms with Crippen molar-refractivity contribution < 1.29 is 14.3 Å². The number of carbonyl (C=O) groups is 1. The monoisotopic (exact) mass is 288 g/mol. The lowest BCUT2D eigenvalue weighted by atomic mass is 10.1. The van der Waals surface area contributed by atoms with Crippen molar-refractivity contribution in [2.24, 2.45) is 0 Å². The second-order valence-electron chi connectivity index (χ2n) is 4.59. The number of nitrogens with zero attached hydrogens (tertiary/aromatic N) is 1. The molecule has 0 radical (unpaired) electrons. The maximum atomic E-state index is 11.7. The molecule has 1 heterocycles. The molecule has 2 aromatic rings. The van der Waals surface area contributed by atoms with Crippen molar-refractivity contribution in [2.45, 2.75) is 26.7 Å². The molecule has 0 aliphatic carbocycles. The molecule has 0 aliphatic rings. The molecule has 0 saturated carbocycles. The van der Waals surface area contributed by atoms with E-state index in [1.807, 2.05) is 24.3 Å². The first-order valence-electron chi connectivity index (χ1n) is 7.21. The predicted molar refractivity (Wildman–Crippen MR) is 80.4 cm³/mol. The largest absolute Gasteiger partial charge is 0.493 e. The lowest BCUT2D eigenvalue weighted by molar-refractivity contribution is 0.0519. The number of rotatable bonds is 7. The summed E-state index contributed by atoms with van der Waals surface area (Å²) in [5.41, 5.74) is 1.88. The first kappa shape index (κ1) is 15.1. The van der Waals surface area contributed by atoms with E-state index < -0.39 is 5.97 Å². The van der Waals surface area contributed by atoms with Crippen LogP contribution in [0.15, 0.2) is 30.3 Å². The summed E-state index contributed by atoms with van der Waals surface area (Å²) in [6, 6.07) is 9.35. The van der Waals surface area contributed by atoms with Gasteiger partial charge in [-0.15, -0.1) is 0 Å². The molecule has 0 fully saturated rings. The summed E-state index contributed by atoms with van der Waals surface area (Å²) in [6.45, 7) is 4.90. The minimum Gasteiger partial charge on any atom is -0.493 e. The van der Waals surface area contributed by atoms with Crippen LogP contribution < -0.4 is 4.74 Å². The third-order valence-electron chi connectivity index (χ3n) is 2.99. The molecular weight excluding hydrogens is 268 g/mol. The fourth-order valence-electron chi connectivity index (χ4n) is 1.90. The van der Waals surface area contributed by atoms with Gasteiger partial charge in [-0.3, -0.25) is 5.10 Å². The van der Waals surface area contributed by atoms with E-state index in [9.17, 15) is 4.79 Å². The number of aromatic nitrogens is 2. The smallest absolute Gasteiger partial charge is 0.356 e.